The molecule has 4 nitrogen and oxygen atoms in total. The van der Waals surface area contributed by atoms with E-state index in [0.717, 1.165) is 37.5 Å². The normalized spacial score (nSPS) is 23.6. The summed E-state index contributed by atoms with van der Waals surface area (Å²) in [5, 5.41) is 6.69. The van der Waals surface area contributed by atoms with Crippen LogP contribution < -0.4 is 10.6 Å². The zero-order valence-electron chi connectivity index (χ0n) is 10.6. The van der Waals surface area contributed by atoms with E-state index in [4.69, 9.17) is 4.74 Å². The molecule has 0 spiro atoms. The molecule has 0 amide bonds. The highest BCUT2D eigenvalue weighted by molar-refractivity contribution is 5.53. The molecule has 0 saturated carbocycles. The van der Waals surface area contributed by atoms with Crippen LogP contribution in [0.3, 0.4) is 0 Å². The number of rotatable bonds is 5. The lowest BCUT2D eigenvalue weighted by Gasteiger charge is -2.15. The fourth-order valence-corrected chi connectivity index (χ4v) is 2.13. The molecule has 1 aromatic heterocycles. The highest BCUT2D eigenvalue weighted by atomic mass is 16.5. The molecule has 1 aliphatic heterocycles. The van der Waals surface area contributed by atoms with Crippen LogP contribution in [0.15, 0.2) is 18.5 Å². The predicted octanol–water partition coefficient (Wildman–Crippen LogP) is 2.35. The summed E-state index contributed by atoms with van der Waals surface area (Å²) in [6.07, 6.45) is 5.22. The molecule has 1 saturated heterocycles. The largest absolute Gasteiger partial charge is 0.384 e. The number of aromatic nitrogens is 1. The van der Waals surface area contributed by atoms with Gasteiger partial charge >= 0.3 is 0 Å². The maximum Gasteiger partial charge on any atom is 0.0592 e. The van der Waals surface area contributed by atoms with Gasteiger partial charge in [0.05, 0.1) is 29.9 Å². The monoisotopic (exact) mass is 235 g/mol. The van der Waals surface area contributed by atoms with Crippen LogP contribution >= 0.6 is 0 Å². The Hall–Kier alpha value is -1.29. The molecule has 2 unspecified atom stereocenters. The highest BCUT2D eigenvalue weighted by Gasteiger charge is 2.23. The number of anilines is 2. The molecule has 17 heavy (non-hydrogen) atoms. The molecule has 2 N–H and O–H groups in total. The van der Waals surface area contributed by atoms with E-state index < -0.39 is 0 Å². The van der Waals surface area contributed by atoms with Crippen LogP contribution in [-0.4, -0.2) is 30.8 Å². The van der Waals surface area contributed by atoms with Gasteiger partial charge in [0.15, 0.2) is 0 Å². The van der Waals surface area contributed by atoms with E-state index in [0.29, 0.717) is 12.0 Å². The standard InChI is InChI=1S/C13H21N3O/c1-3-15-12-6-13(9-14-8-12)16-7-11-4-5-17-10(11)2/h6,8-11,15-16H,3-5,7H2,1-2H3. The number of pyridine rings is 1. The van der Waals surface area contributed by atoms with Gasteiger partial charge in [-0.2, -0.15) is 0 Å². The molecule has 0 bridgehead atoms. The molecule has 0 aromatic carbocycles. The lowest BCUT2D eigenvalue weighted by molar-refractivity contribution is 0.108. The van der Waals surface area contributed by atoms with Crippen LogP contribution in [0.25, 0.3) is 0 Å². The summed E-state index contributed by atoms with van der Waals surface area (Å²) in [6.45, 7) is 6.99. The molecule has 2 atom stereocenters. The molecule has 0 radical (unpaired) electrons. The molecule has 4 heteroatoms. The zero-order chi connectivity index (χ0) is 12.1. The maximum absolute atomic E-state index is 5.55. The van der Waals surface area contributed by atoms with Crippen molar-refractivity contribution >= 4 is 11.4 Å². The van der Waals surface area contributed by atoms with Crippen LogP contribution in [0, 0.1) is 5.92 Å². The quantitative estimate of drug-likeness (QED) is 0.822. The van der Waals surface area contributed by atoms with Crippen LogP contribution in [0.1, 0.15) is 20.3 Å². The van der Waals surface area contributed by atoms with Crippen LogP contribution in [0.4, 0.5) is 11.4 Å². The van der Waals surface area contributed by atoms with Gasteiger partial charge < -0.3 is 15.4 Å². The Kier molecular flexibility index (Phi) is 4.20. The second-order valence-corrected chi connectivity index (χ2v) is 4.50. The van der Waals surface area contributed by atoms with Crippen molar-refractivity contribution in [1.29, 1.82) is 0 Å². The Bertz CT molecular complexity index is 356. The third-order valence-electron chi connectivity index (χ3n) is 3.22. The van der Waals surface area contributed by atoms with Gasteiger partial charge in [-0.15, -0.1) is 0 Å². The van der Waals surface area contributed by atoms with Crippen molar-refractivity contribution in [3.63, 3.8) is 0 Å². The molecular weight excluding hydrogens is 214 g/mol. The van der Waals surface area contributed by atoms with Crippen LogP contribution in [-0.2, 0) is 4.74 Å². The Morgan fingerprint density at radius 1 is 1.35 bits per heavy atom. The smallest absolute Gasteiger partial charge is 0.0592 e. The minimum Gasteiger partial charge on any atom is -0.384 e. The van der Waals surface area contributed by atoms with Gasteiger partial charge in [-0.25, -0.2) is 0 Å². The van der Waals surface area contributed by atoms with Crippen molar-refractivity contribution in [3.8, 4) is 0 Å². The SMILES string of the molecule is CCNc1cncc(NCC2CCOC2C)c1. The number of hydrogen-bond donors (Lipinski definition) is 2. The van der Waals surface area contributed by atoms with Gasteiger partial charge in [-0.1, -0.05) is 0 Å². The molecule has 1 aliphatic rings. The van der Waals surface area contributed by atoms with Gasteiger partial charge in [-0.3, -0.25) is 4.98 Å². The van der Waals surface area contributed by atoms with E-state index >= 15 is 0 Å². The van der Waals surface area contributed by atoms with E-state index in [1.807, 2.05) is 12.4 Å². The van der Waals surface area contributed by atoms with Crippen molar-refractivity contribution in [2.75, 3.05) is 30.3 Å². The molecule has 1 aromatic rings. The molecule has 0 aliphatic carbocycles. The first kappa shape index (κ1) is 12.2. The second kappa shape index (κ2) is 5.87. The lowest BCUT2D eigenvalue weighted by Crippen LogP contribution is -2.20. The number of ether oxygens (including phenoxy) is 1. The Balaban J connectivity index is 1.87. The van der Waals surface area contributed by atoms with E-state index in [9.17, 15) is 0 Å². The third-order valence-corrected chi connectivity index (χ3v) is 3.22. The molecular formula is C13H21N3O. The second-order valence-electron chi connectivity index (χ2n) is 4.50. The van der Waals surface area contributed by atoms with E-state index in [-0.39, 0.29) is 0 Å². The molecule has 1 fully saturated rings. The minimum atomic E-state index is 0.368. The predicted molar refractivity (Wildman–Crippen MR) is 70.4 cm³/mol. The van der Waals surface area contributed by atoms with Crippen molar-refractivity contribution < 1.29 is 4.74 Å². The Morgan fingerprint density at radius 2 is 2.12 bits per heavy atom. The van der Waals surface area contributed by atoms with Gasteiger partial charge in [0.25, 0.3) is 0 Å². The number of hydrogen-bond acceptors (Lipinski definition) is 4. The molecule has 2 rings (SSSR count). The summed E-state index contributed by atoms with van der Waals surface area (Å²) in [5.74, 6) is 0.609. The van der Waals surface area contributed by atoms with Crippen molar-refractivity contribution in [3.05, 3.63) is 18.5 Å². The summed E-state index contributed by atoms with van der Waals surface area (Å²) in [5.41, 5.74) is 2.13. The van der Waals surface area contributed by atoms with Gasteiger partial charge in [0, 0.05) is 25.6 Å². The Labute approximate surface area is 103 Å². The number of nitrogens with one attached hydrogen (secondary N) is 2. The zero-order valence-corrected chi connectivity index (χ0v) is 10.6. The van der Waals surface area contributed by atoms with E-state index in [1.54, 1.807) is 0 Å². The fourth-order valence-electron chi connectivity index (χ4n) is 2.13. The van der Waals surface area contributed by atoms with E-state index in [1.165, 1.54) is 0 Å². The fraction of sp³-hybridized carbons (Fsp3) is 0.615. The maximum atomic E-state index is 5.55. The van der Waals surface area contributed by atoms with Gasteiger partial charge in [0.1, 0.15) is 0 Å². The summed E-state index contributed by atoms with van der Waals surface area (Å²) in [4.78, 5) is 4.21. The summed E-state index contributed by atoms with van der Waals surface area (Å²) < 4.78 is 5.55. The van der Waals surface area contributed by atoms with Crippen LogP contribution in [0.5, 0.6) is 0 Å². The molecule has 94 valence electrons. The van der Waals surface area contributed by atoms with Crippen molar-refractivity contribution in [2.45, 2.75) is 26.4 Å². The first-order valence-electron chi connectivity index (χ1n) is 6.34. The highest BCUT2D eigenvalue weighted by Crippen LogP contribution is 2.21. The molecule has 2 heterocycles. The van der Waals surface area contributed by atoms with Crippen molar-refractivity contribution in [2.24, 2.45) is 5.92 Å². The first-order valence-corrected chi connectivity index (χ1v) is 6.34. The summed E-state index contributed by atoms with van der Waals surface area (Å²) in [6, 6.07) is 2.09. The number of nitrogens with zero attached hydrogens (tertiary/aromatic N) is 1. The van der Waals surface area contributed by atoms with Crippen molar-refractivity contribution in [1.82, 2.24) is 4.98 Å². The third kappa shape index (κ3) is 3.33. The van der Waals surface area contributed by atoms with Gasteiger partial charge in [-0.05, 0) is 26.3 Å². The minimum absolute atomic E-state index is 0.368. The summed E-state index contributed by atoms with van der Waals surface area (Å²) in [7, 11) is 0. The summed E-state index contributed by atoms with van der Waals surface area (Å²) >= 11 is 0. The van der Waals surface area contributed by atoms with Gasteiger partial charge in [0.2, 0.25) is 0 Å². The lowest BCUT2D eigenvalue weighted by atomic mass is 10.0. The first-order chi connectivity index (χ1) is 8.29. The Morgan fingerprint density at radius 3 is 2.76 bits per heavy atom. The average Bonchev–Trinajstić information content (AvgIpc) is 2.73. The van der Waals surface area contributed by atoms with E-state index in [2.05, 4.69) is 35.5 Å². The average molecular weight is 235 g/mol. The topological polar surface area (TPSA) is 46.2 Å². The van der Waals surface area contributed by atoms with Crippen LogP contribution in [0.2, 0.25) is 0 Å².